The van der Waals surface area contributed by atoms with Gasteiger partial charge in [-0.1, -0.05) is 54.3 Å². The molecule has 6 rings (SSSR count). The summed E-state index contributed by atoms with van der Waals surface area (Å²) >= 11 is 0. The minimum absolute atomic E-state index is 0.121. The molecular weight excluding hydrogens is 486 g/mol. The van der Waals surface area contributed by atoms with E-state index in [0.717, 1.165) is 38.9 Å². The Balaban J connectivity index is 1.43. The Morgan fingerprint density at radius 2 is 1.79 bits per heavy atom. The molecule has 8 heteroatoms. The van der Waals surface area contributed by atoms with Crippen molar-refractivity contribution < 1.29 is 4.79 Å². The molecule has 0 aliphatic rings. The van der Waals surface area contributed by atoms with Gasteiger partial charge in [0.25, 0.3) is 5.91 Å². The summed E-state index contributed by atoms with van der Waals surface area (Å²) in [6.07, 6.45) is 6.75. The fourth-order valence-electron chi connectivity index (χ4n) is 4.52. The average molecular weight is 510 g/mol. The highest BCUT2D eigenvalue weighted by Gasteiger charge is 2.23. The van der Waals surface area contributed by atoms with Crippen LogP contribution >= 0.6 is 0 Å². The first kappa shape index (κ1) is 23.8. The van der Waals surface area contributed by atoms with E-state index in [1.807, 2.05) is 67.6 Å². The van der Waals surface area contributed by atoms with Gasteiger partial charge in [0.05, 0.1) is 22.8 Å². The highest BCUT2D eigenvalue weighted by molar-refractivity contribution is 6.04. The minimum atomic E-state index is -0.394. The average Bonchev–Trinajstić information content (AvgIpc) is 3.32. The third-order valence-corrected chi connectivity index (χ3v) is 6.41. The van der Waals surface area contributed by atoms with Gasteiger partial charge < -0.3 is 11.1 Å². The van der Waals surface area contributed by atoms with Gasteiger partial charge in [-0.05, 0) is 37.3 Å². The maximum absolute atomic E-state index is 13.4. The van der Waals surface area contributed by atoms with Crippen molar-refractivity contribution >= 4 is 28.3 Å². The summed E-state index contributed by atoms with van der Waals surface area (Å²) in [5.74, 6) is 6.23. The number of nitrogen functional groups attached to an aromatic ring is 1. The number of nitrogens with two attached hydrogens (primary N) is 1. The van der Waals surface area contributed by atoms with Gasteiger partial charge >= 0.3 is 0 Å². The normalized spacial score (nSPS) is 11.6. The number of carbonyl (C=O) groups is 1. The van der Waals surface area contributed by atoms with Crippen molar-refractivity contribution in [2.24, 2.45) is 0 Å². The van der Waals surface area contributed by atoms with E-state index in [1.165, 1.54) is 4.52 Å². The second-order valence-electron chi connectivity index (χ2n) is 9.00. The molecule has 0 unspecified atom stereocenters. The molecule has 0 aliphatic carbocycles. The van der Waals surface area contributed by atoms with Gasteiger partial charge in [0.15, 0.2) is 11.5 Å². The number of carbonyl (C=O) groups excluding carboxylic acids is 1. The van der Waals surface area contributed by atoms with Crippen LogP contribution in [0.15, 0.2) is 97.6 Å². The molecule has 39 heavy (non-hydrogen) atoms. The van der Waals surface area contributed by atoms with Crippen LogP contribution in [0.25, 0.3) is 27.8 Å². The van der Waals surface area contributed by atoms with Gasteiger partial charge in [-0.25, -0.2) is 14.5 Å². The van der Waals surface area contributed by atoms with E-state index in [9.17, 15) is 4.79 Å². The predicted octanol–water partition coefficient (Wildman–Crippen LogP) is 4.81. The fraction of sp³-hybridized carbons (Fsp3) is 0.0645. The van der Waals surface area contributed by atoms with Crippen molar-refractivity contribution in [3.8, 4) is 23.1 Å². The van der Waals surface area contributed by atoms with Crippen LogP contribution in [0.3, 0.4) is 0 Å². The first-order chi connectivity index (χ1) is 19.1. The molecule has 4 aromatic heterocycles. The minimum Gasteiger partial charge on any atom is -0.381 e. The molecule has 2 aromatic carbocycles. The SMILES string of the molecule is C[C@@H](NC(=O)c1c(N)nn2cccnc12)c1cc2cccc(C#Cc3ccncc3)c2nc1-c1ccccc1. The second kappa shape index (κ2) is 10.1. The number of amides is 1. The van der Waals surface area contributed by atoms with Gasteiger partial charge in [-0.3, -0.25) is 9.78 Å². The van der Waals surface area contributed by atoms with Gasteiger partial charge in [0, 0.05) is 46.9 Å². The fourth-order valence-corrected chi connectivity index (χ4v) is 4.52. The second-order valence-corrected chi connectivity index (χ2v) is 9.00. The van der Waals surface area contributed by atoms with Crippen LogP contribution in [0.5, 0.6) is 0 Å². The molecule has 0 fully saturated rings. The quantitative estimate of drug-likeness (QED) is 0.330. The van der Waals surface area contributed by atoms with E-state index in [4.69, 9.17) is 10.7 Å². The van der Waals surface area contributed by atoms with E-state index in [-0.39, 0.29) is 17.3 Å². The zero-order valence-electron chi connectivity index (χ0n) is 21.0. The lowest BCUT2D eigenvalue weighted by Crippen LogP contribution is -2.28. The number of hydrogen-bond acceptors (Lipinski definition) is 6. The monoisotopic (exact) mass is 509 g/mol. The van der Waals surface area contributed by atoms with Crippen molar-refractivity contribution in [3.05, 3.63) is 120 Å². The van der Waals surface area contributed by atoms with Gasteiger partial charge in [0.2, 0.25) is 0 Å². The molecule has 1 amide bonds. The largest absolute Gasteiger partial charge is 0.381 e. The number of nitrogens with one attached hydrogen (secondary N) is 1. The third kappa shape index (κ3) is 4.65. The number of anilines is 1. The van der Waals surface area contributed by atoms with Gasteiger partial charge in [0.1, 0.15) is 5.56 Å². The zero-order valence-corrected chi connectivity index (χ0v) is 21.0. The molecule has 4 heterocycles. The van der Waals surface area contributed by atoms with Crippen molar-refractivity contribution in [1.82, 2.24) is 29.9 Å². The number of benzene rings is 2. The Hall–Kier alpha value is -5.55. The molecule has 0 bridgehead atoms. The molecule has 0 saturated carbocycles. The van der Waals surface area contributed by atoms with Crippen LogP contribution in [-0.2, 0) is 0 Å². The molecule has 188 valence electrons. The maximum atomic E-state index is 13.4. The summed E-state index contributed by atoms with van der Waals surface area (Å²) in [4.78, 5) is 26.8. The Labute approximate surface area is 224 Å². The van der Waals surface area contributed by atoms with Crippen molar-refractivity contribution in [3.63, 3.8) is 0 Å². The van der Waals surface area contributed by atoms with Crippen LogP contribution in [0.4, 0.5) is 5.82 Å². The van der Waals surface area contributed by atoms with E-state index < -0.39 is 6.04 Å². The lowest BCUT2D eigenvalue weighted by atomic mass is 9.97. The van der Waals surface area contributed by atoms with Crippen molar-refractivity contribution in [2.75, 3.05) is 5.73 Å². The van der Waals surface area contributed by atoms with Crippen molar-refractivity contribution in [1.29, 1.82) is 0 Å². The number of nitrogens with zero attached hydrogens (tertiary/aromatic N) is 5. The van der Waals surface area contributed by atoms with Crippen LogP contribution in [0.2, 0.25) is 0 Å². The maximum Gasteiger partial charge on any atom is 0.259 e. The number of hydrogen-bond donors (Lipinski definition) is 2. The Morgan fingerprint density at radius 3 is 2.62 bits per heavy atom. The molecular formula is C31H23N7O. The molecule has 6 aromatic rings. The third-order valence-electron chi connectivity index (χ3n) is 6.41. The zero-order chi connectivity index (χ0) is 26.8. The first-order valence-electron chi connectivity index (χ1n) is 12.4. The number of rotatable bonds is 4. The molecule has 0 aliphatic heterocycles. The Bertz CT molecular complexity index is 1890. The molecule has 1 atom stereocenters. The molecule has 3 N–H and O–H groups in total. The Morgan fingerprint density at radius 1 is 0.974 bits per heavy atom. The summed E-state index contributed by atoms with van der Waals surface area (Å²) in [7, 11) is 0. The van der Waals surface area contributed by atoms with Crippen LogP contribution in [-0.4, -0.2) is 30.5 Å². The lowest BCUT2D eigenvalue weighted by Gasteiger charge is -2.19. The van der Waals surface area contributed by atoms with Crippen molar-refractivity contribution in [2.45, 2.75) is 13.0 Å². The number of aromatic nitrogens is 5. The first-order valence-corrected chi connectivity index (χ1v) is 12.4. The highest BCUT2D eigenvalue weighted by atomic mass is 16.1. The standard InChI is InChI=1S/C31H23N7O/c1-20(35-31(39)26-29(32)37-38-18-6-15-34-30(26)38)25-19-24-10-5-9-23(12-11-21-13-16-33-17-14-21)27(24)36-28(25)22-7-3-2-4-8-22/h2-10,13-20H,1H3,(H2,32,37)(H,35,39)/t20-/m1/s1. The van der Waals surface area contributed by atoms with Crippen LogP contribution in [0, 0.1) is 11.8 Å². The number of fused-ring (bicyclic) bond motifs is 2. The lowest BCUT2D eigenvalue weighted by molar-refractivity contribution is 0.0942. The summed E-state index contributed by atoms with van der Waals surface area (Å²) in [6.45, 7) is 1.93. The topological polar surface area (TPSA) is 111 Å². The van der Waals surface area contributed by atoms with Crippen LogP contribution < -0.4 is 11.1 Å². The summed E-state index contributed by atoms with van der Waals surface area (Å²) in [5, 5.41) is 8.21. The van der Waals surface area contributed by atoms with Gasteiger partial charge in [-0.15, -0.1) is 5.10 Å². The predicted molar refractivity (Wildman–Crippen MR) is 151 cm³/mol. The number of para-hydroxylation sites is 1. The molecule has 0 saturated heterocycles. The van der Waals surface area contributed by atoms with Gasteiger partial charge in [-0.2, -0.15) is 0 Å². The summed E-state index contributed by atoms with van der Waals surface area (Å²) in [5.41, 5.74) is 11.8. The summed E-state index contributed by atoms with van der Waals surface area (Å²) < 4.78 is 1.50. The van der Waals surface area contributed by atoms with E-state index in [0.29, 0.717) is 5.65 Å². The van der Waals surface area contributed by atoms with Crippen LogP contribution in [0.1, 0.15) is 40.0 Å². The molecule has 0 radical (unpaired) electrons. The smallest absolute Gasteiger partial charge is 0.259 e. The molecule has 0 spiro atoms. The summed E-state index contributed by atoms with van der Waals surface area (Å²) in [6, 6.07) is 23.0. The van der Waals surface area contributed by atoms with E-state index in [2.05, 4.69) is 38.3 Å². The number of pyridine rings is 2. The van der Waals surface area contributed by atoms with E-state index in [1.54, 1.807) is 30.9 Å². The van der Waals surface area contributed by atoms with E-state index >= 15 is 0 Å². The highest BCUT2D eigenvalue weighted by Crippen LogP contribution is 2.31. The molecule has 8 nitrogen and oxygen atoms in total. The Kier molecular flexibility index (Phi) is 6.15.